The van der Waals surface area contributed by atoms with Crippen molar-refractivity contribution in [3.63, 3.8) is 0 Å². The first-order chi connectivity index (χ1) is 7.55. The number of aromatic nitrogens is 3. The monoisotopic (exact) mass is 225 g/mol. The lowest BCUT2D eigenvalue weighted by Gasteiger charge is -2.12. The third-order valence-corrected chi connectivity index (χ3v) is 2.87. The fourth-order valence-electron chi connectivity index (χ4n) is 1.84. The van der Waals surface area contributed by atoms with Gasteiger partial charge in [-0.1, -0.05) is 5.21 Å². The SMILES string of the molecule is CC(C)(O)c1cn(CCC2CCCO2)nn1. The molecule has 0 radical (unpaired) electrons. The predicted octanol–water partition coefficient (Wildman–Crippen LogP) is 1.07. The number of hydrogen-bond acceptors (Lipinski definition) is 4. The summed E-state index contributed by atoms with van der Waals surface area (Å²) in [5, 5.41) is 17.7. The topological polar surface area (TPSA) is 60.2 Å². The number of aryl methyl sites for hydroxylation is 1. The highest BCUT2D eigenvalue weighted by Gasteiger charge is 2.20. The highest BCUT2D eigenvalue weighted by atomic mass is 16.5. The molecule has 16 heavy (non-hydrogen) atoms. The molecule has 2 rings (SSSR count). The third kappa shape index (κ3) is 2.80. The maximum absolute atomic E-state index is 9.74. The highest BCUT2D eigenvalue weighted by Crippen LogP contribution is 2.18. The number of aliphatic hydroxyl groups is 1. The molecule has 1 aliphatic rings. The number of rotatable bonds is 4. The van der Waals surface area contributed by atoms with Crippen LogP contribution < -0.4 is 0 Å². The Balaban J connectivity index is 1.87. The molecule has 1 atom stereocenters. The molecule has 0 aromatic carbocycles. The third-order valence-electron chi connectivity index (χ3n) is 2.87. The van der Waals surface area contributed by atoms with Crippen LogP contribution in [0.4, 0.5) is 0 Å². The van der Waals surface area contributed by atoms with Crippen LogP contribution in [0.1, 0.15) is 38.8 Å². The van der Waals surface area contributed by atoms with E-state index in [2.05, 4.69) is 10.3 Å². The van der Waals surface area contributed by atoms with Crippen LogP contribution in [0.3, 0.4) is 0 Å². The van der Waals surface area contributed by atoms with Crippen LogP contribution in [-0.2, 0) is 16.9 Å². The van der Waals surface area contributed by atoms with Crippen LogP contribution in [0, 0.1) is 0 Å². The summed E-state index contributed by atoms with van der Waals surface area (Å²) in [4.78, 5) is 0. The minimum Gasteiger partial charge on any atom is -0.384 e. The molecule has 1 fully saturated rings. The Morgan fingerprint density at radius 1 is 1.62 bits per heavy atom. The van der Waals surface area contributed by atoms with E-state index < -0.39 is 5.60 Å². The van der Waals surface area contributed by atoms with Gasteiger partial charge in [-0.25, -0.2) is 0 Å². The van der Waals surface area contributed by atoms with Gasteiger partial charge in [0.25, 0.3) is 0 Å². The van der Waals surface area contributed by atoms with Gasteiger partial charge in [0.15, 0.2) is 0 Å². The van der Waals surface area contributed by atoms with Crippen LogP contribution in [0.5, 0.6) is 0 Å². The van der Waals surface area contributed by atoms with Gasteiger partial charge in [-0.2, -0.15) is 0 Å². The molecule has 1 N–H and O–H groups in total. The Labute approximate surface area is 95.4 Å². The van der Waals surface area contributed by atoms with Gasteiger partial charge in [-0.15, -0.1) is 5.10 Å². The van der Waals surface area contributed by atoms with Gasteiger partial charge >= 0.3 is 0 Å². The van der Waals surface area contributed by atoms with Crippen LogP contribution in [0.25, 0.3) is 0 Å². The molecule has 90 valence electrons. The van der Waals surface area contributed by atoms with Crippen molar-refractivity contribution in [3.8, 4) is 0 Å². The van der Waals surface area contributed by atoms with E-state index in [4.69, 9.17) is 4.74 Å². The molecule has 0 aliphatic carbocycles. The first-order valence-electron chi connectivity index (χ1n) is 5.80. The van der Waals surface area contributed by atoms with Gasteiger partial charge in [0.05, 0.1) is 12.3 Å². The Bertz CT molecular complexity index is 337. The second-order valence-corrected chi connectivity index (χ2v) is 4.85. The summed E-state index contributed by atoms with van der Waals surface area (Å²) >= 11 is 0. The Morgan fingerprint density at radius 3 is 3.00 bits per heavy atom. The summed E-state index contributed by atoms with van der Waals surface area (Å²) in [5.74, 6) is 0. The van der Waals surface area contributed by atoms with Gasteiger partial charge in [-0.05, 0) is 33.1 Å². The molecule has 1 unspecified atom stereocenters. The zero-order chi connectivity index (χ0) is 11.6. The molecule has 0 spiro atoms. The molecule has 1 aromatic rings. The lowest BCUT2D eigenvalue weighted by molar-refractivity contribution is 0.0737. The fraction of sp³-hybridized carbons (Fsp3) is 0.818. The zero-order valence-electron chi connectivity index (χ0n) is 9.89. The van der Waals surface area contributed by atoms with E-state index in [9.17, 15) is 5.11 Å². The van der Waals surface area contributed by atoms with E-state index in [-0.39, 0.29) is 0 Å². The molecule has 2 heterocycles. The summed E-state index contributed by atoms with van der Waals surface area (Å²) < 4.78 is 7.31. The molecule has 0 saturated carbocycles. The van der Waals surface area contributed by atoms with E-state index in [1.807, 2.05) is 0 Å². The van der Waals surface area contributed by atoms with E-state index in [0.29, 0.717) is 11.8 Å². The van der Waals surface area contributed by atoms with Gasteiger partial charge in [-0.3, -0.25) is 4.68 Å². The fourth-order valence-corrected chi connectivity index (χ4v) is 1.84. The van der Waals surface area contributed by atoms with Crippen molar-refractivity contribution in [2.45, 2.75) is 51.4 Å². The van der Waals surface area contributed by atoms with Crippen molar-refractivity contribution in [1.82, 2.24) is 15.0 Å². The standard InChI is InChI=1S/C11H19N3O2/c1-11(2,15)10-8-14(13-12-10)6-5-9-4-3-7-16-9/h8-9,15H,3-7H2,1-2H3. The van der Waals surface area contributed by atoms with Gasteiger partial charge in [0.2, 0.25) is 0 Å². The lowest BCUT2D eigenvalue weighted by Crippen LogP contribution is -2.16. The van der Waals surface area contributed by atoms with Crippen LogP contribution in [0.2, 0.25) is 0 Å². The zero-order valence-corrected chi connectivity index (χ0v) is 9.89. The quantitative estimate of drug-likeness (QED) is 0.832. The first kappa shape index (κ1) is 11.5. The van der Waals surface area contributed by atoms with Gasteiger partial charge < -0.3 is 9.84 Å². The Hall–Kier alpha value is -0.940. The van der Waals surface area contributed by atoms with Crippen molar-refractivity contribution >= 4 is 0 Å². The second kappa shape index (κ2) is 4.51. The van der Waals surface area contributed by atoms with Crippen molar-refractivity contribution in [2.24, 2.45) is 0 Å². The Morgan fingerprint density at radius 2 is 2.44 bits per heavy atom. The number of hydrogen-bond donors (Lipinski definition) is 1. The molecule has 5 nitrogen and oxygen atoms in total. The summed E-state index contributed by atoms with van der Waals surface area (Å²) in [7, 11) is 0. The average molecular weight is 225 g/mol. The molecule has 0 amide bonds. The van der Waals surface area contributed by atoms with E-state index in [1.165, 1.54) is 0 Å². The smallest absolute Gasteiger partial charge is 0.114 e. The van der Waals surface area contributed by atoms with Gasteiger partial charge in [0.1, 0.15) is 11.3 Å². The predicted molar refractivity (Wildman–Crippen MR) is 58.9 cm³/mol. The second-order valence-electron chi connectivity index (χ2n) is 4.85. The highest BCUT2D eigenvalue weighted by molar-refractivity contribution is 5.02. The maximum Gasteiger partial charge on any atom is 0.114 e. The molecular weight excluding hydrogens is 206 g/mol. The van der Waals surface area contributed by atoms with E-state index in [1.54, 1.807) is 24.7 Å². The van der Waals surface area contributed by atoms with E-state index >= 15 is 0 Å². The van der Waals surface area contributed by atoms with Gasteiger partial charge in [0, 0.05) is 13.2 Å². The van der Waals surface area contributed by atoms with Crippen molar-refractivity contribution < 1.29 is 9.84 Å². The molecule has 1 aromatic heterocycles. The van der Waals surface area contributed by atoms with Crippen LogP contribution >= 0.6 is 0 Å². The Kier molecular flexibility index (Phi) is 3.25. The van der Waals surface area contributed by atoms with Crippen molar-refractivity contribution in [3.05, 3.63) is 11.9 Å². The lowest BCUT2D eigenvalue weighted by atomic mass is 10.1. The normalized spacial score (nSPS) is 21.6. The molecule has 1 aliphatic heterocycles. The molecular formula is C11H19N3O2. The summed E-state index contributed by atoms with van der Waals surface area (Å²) in [6.07, 6.45) is 5.45. The average Bonchev–Trinajstić information content (AvgIpc) is 2.85. The molecule has 1 saturated heterocycles. The minimum absolute atomic E-state index is 0.370. The summed E-state index contributed by atoms with van der Waals surface area (Å²) in [6, 6.07) is 0. The summed E-state index contributed by atoms with van der Waals surface area (Å²) in [5.41, 5.74) is -0.304. The van der Waals surface area contributed by atoms with E-state index in [0.717, 1.165) is 32.4 Å². The number of nitrogens with zero attached hydrogens (tertiary/aromatic N) is 3. The minimum atomic E-state index is -0.915. The largest absolute Gasteiger partial charge is 0.384 e. The van der Waals surface area contributed by atoms with Crippen molar-refractivity contribution in [2.75, 3.05) is 6.61 Å². The van der Waals surface area contributed by atoms with Crippen LogP contribution in [0.15, 0.2) is 6.20 Å². The first-order valence-corrected chi connectivity index (χ1v) is 5.80. The number of ether oxygens (including phenoxy) is 1. The maximum atomic E-state index is 9.74. The molecule has 0 bridgehead atoms. The van der Waals surface area contributed by atoms with Crippen LogP contribution in [-0.4, -0.2) is 32.8 Å². The van der Waals surface area contributed by atoms with Crippen molar-refractivity contribution in [1.29, 1.82) is 0 Å². The molecule has 5 heteroatoms. The summed E-state index contributed by atoms with van der Waals surface area (Å²) in [6.45, 7) is 5.10.